The molecule has 7 heteroatoms. The summed E-state index contributed by atoms with van der Waals surface area (Å²) in [7, 11) is 0. The van der Waals surface area contributed by atoms with Gasteiger partial charge in [0.05, 0.1) is 30.7 Å². The number of benzene rings is 1. The summed E-state index contributed by atoms with van der Waals surface area (Å²) in [5.74, 6) is -1.02. The Morgan fingerprint density at radius 3 is 2.58 bits per heavy atom. The number of carbonyl (C=O) groups is 3. The average Bonchev–Trinajstić information content (AvgIpc) is 2.71. The molecule has 0 saturated carbocycles. The maximum atomic E-state index is 12.9. The number of anilines is 1. The molecular formula is C19H21N3O4. The van der Waals surface area contributed by atoms with E-state index in [0.29, 0.717) is 50.4 Å². The SMILES string of the molecule is O=C1NN(c2cccc(C(=O)N3CCOCC3)c2)C(=O)[C@H]2CC=CC[C@@H]12. The fourth-order valence-electron chi connectivity index (χ4n) is 3.71. The second-order valence-electron chi connectivity index (χ2n) is 6.76. The molecule has 0 spiro atoms. The van der Waals surface area contributed by atoms with Gasteiger partial charge < -0.3 is 9.64 Å². The summed E-state index contributed by atoms with van der Waals surface area (Å²) < 4.78 is 5.28. The van der Waals surface area contributed by atoms with Crippen LogP contribution in [0.4, 0.5) is 5.69 Å². The first kappa shape index (κ1) is 16.8. The lowest BCUT2D eigenvalue weighted by Gasteiger charge is -2.38. The fourth-order valence-corrected chi connectivity index (χ4v) is 3.71. The summed E-state index contributed by atoms with van der Waals surface area (Å²) in [6, 6.07) is 6.85. The Labute approximate surface area is 151 Å². The first-order valence-electron chi connectivity index (χ1n) is 8.91. The third-order valence-electron chi connectivity index (χ3n) is 5.18. The minimum Gasteiger partial charge on any atom is -0.378 e. The summed E-state index contributed by atoms with van der Waals surface area (Å²) in [6.45, 7) is 2.17. The standard InChI is InChI=1S/C19H21N3O4/c23-17-15-6-1-2-7-16(15)19(25)22(20-17)14-5-3-4-13(12-14)18(24)21-8-10-26-11-9-21/h1-5,12,15-16H,6-11H2,(H,20,23)/t15-,16+/m1/s1. The third-order valence-corrected chi connectivity index (χ3v) is 5.18. The molecule has 1 aliphatic carbocycles. The summed E-state index contributed by atoms with van der Waals surface area (Å²) in [5, 5.41) is 1.29. The molecule has 1 N–H and O–H groups in total. The molecule has 2 aliphatic heterocycles. The lowest BCUT2D eigenvalue weighted by molar-refractivity contribution is -0.139. The normalized spacial score (nSPS) is 25.7. The Bertz CT molecular complexity index is 770. The third kappa shape index (κ3) is 2.99. The van der Waals surface area contributed by atoms with E-state index in [4.69, 9.17) is 4.74 Å². The van der Waals surface area contributed by atoms with E-state index in [1.165, 1.54) is 5.01 Å². The first-order chi connectivity index (χ1) is 12.6. The number of fused-ring (bicyclic) bond motifs is 1. The molecule has 4 rings (SSSR count). The first-order valence-corrected chi connectivity index (χ1v) is 8.91. The highest BCUT2D eigenvalue weighted by Gasteiger charge is 2.42. The van der Waals surface area contributed by atoms with Crippen molar-refractivity contribution in [1.29, 1.82) is 0 Å². The molecule has 1 aromatic carbocycles. The molecule has 1 aromatic rings. The lowest BCUT2D eigenvalue weighted by atomic mass is 9.80. The van der Waals surface area contributed by atoms with E-state index < -0.39 is 0 Å². The molecule has 3 amide bonds. The van der Waals surface area contributed by atoms with Crippen LogP contribution in [-0.4, -0.2) is 48.9 Å². The van der Waals surface area contributed by atoms with Crippen molar-refractivity contribution >= 4 is 23.4 Å². The minimum absolute atomic E-state index is 0.0931. The van der Waals surface area contributed by atoms with Crippen molar-refractivity contribution in [2.75, 3.05) is 31.3 Å². The Morgan fingerprint density at radius 1 is 1.08 bits per heavy atom. The number of allylic oxidation sites excluding steroid dienone is 2. The van der Waals surface area contributed by atoms with Crippen LogP contribution in [0, 0.1) is 11.8 Å². The number of amides is 3. The van der Waals surface area contributed by atoms with Crippen molar-refractivity contribution in [3.05, 3.63) is 42.0 Å². The van der Waals surface area contributed by atoms with Crippen LogP contribution in [0.1, 0.15) is 23.2 Å². The zero-order chi connectivity index (χ0) is 18.1. The maximum absolute atomic E-state index is 12.9. The molecule has 0 unspecified atom stereocenters. The van der Waals surface area contributed by atoms with E-state index >= 15 is 0 Å². The molecule has 26 heavy (non-hydrogen) atoms. The zero-order valence-corrected chi connectivity index (χ0v) is 14.4. The smallest absolute Gasteiger partial charge is 0.254 e. The minimum atomic E-state index is -0.340. The molecule has 2 heterocycles. The highest BCUT2D eigenvalue weighted by atomic mass is 16.5. The van der Waals surface area contributed by atoms with E-state index in [-0.39, 0.29) is 29.6 Å². The van der Waals surface area contributed by atoms with Gasteiger partial charge in [-0.3, -0.25) is 19.8 Å². The molecule has 0 aromatic heterocycles. The molecule has 2 fully saturated rings. The van der Waals surface area contributed by atoms with Crippen LogP contribution in [0.25, 0.3) is 0 Å². The van der Waals surface area contributed by atoms with Gasteiger partial charge in [-0.2, -0.15) is 0 Å². The largest absolute Gasteiger partial charge is 0.378 e. The lowest BCUT2D eigenvalue weighted by Crippen LogP contribution is -2.59. The number of hydrazine groups is 1. The Kier molecular flexibility index (Phi) is 4.46. The number of morpholine rings is 1. The van der Waals surface area contributed by atoms with Crippen LogP contribution < -0.4 is 10.4 Å². The summed E-state index contributed by atoms with van der Waals surface area (Å²) in [5.41, 5.74) is 3.70. The summed E-state index contributed by atoms with van der Waals surface area (Å²) in [4.78, 5) is 39.7. The van der Waals surface area contributed by atoms with E-state index in [9.17, 15) is 14.4 Å². The number of nitrogens with zero attached hydrogens (tertiary/aromatic N) is 2. The van der Waals surface area contributed by atoms with Crippen LogP contribution in [0.3, 0.4) is 0 Å². The number of nitrogens with one attached hydrogen (secondary N) is 1. The highest BCUT2D eigenvalue weighted by molar-refractivity contribution is 6.05. The molecule has 2 atom stereocenters. The van der Waals surface area contributed by atoms with Gasteiger partial charge in [-0.25, -0.2) is 5.01 Å². The van der Waals surface area contributed by atoms with Crippen molar-refractivity contribution < 1.29 is 19.1 Å². The van der Waals surface area contributed by atoms with E-state index in [1.54, 1.807) is 29.2 Å². The van der Waals surface area contributed by atoms with Crippen LogP contribution in [0.15, 0.2) is 36.4 Å². The Morgan fingerprint density at radius 2 is 1.81 bits per heavy atom. The van der Waals surface area contributed by atoms with Gasteiger partial charge in [0.2, 0.25) is 11.8 Å². The number of hydrogen-bond donors (Lipinski definition) is 1. The van der Waals surface area contributed by atoms with Gasteiger partial charge in [-0.15, -0.1) is 0 Å². The number of ether oxygens (including phenoxy) is 1. The molecular weight excluding hydrogens is 334 g/mol. The van der Waals surface area contributed by atoms with Gasteiger partial charge in [-0.05, 0) is 31.0 Å². The summed E-state index contributed by atoms with van der Waals surface area (Å²) in [6.07, 6.45) is 5.06. The number of carbonyl (C=O) groups excluding carboxylic acids is 3. The van der Waals surface area contributed by atoms with Crippen molar-refractivity contribution in [3.8, 4) is 0 Å². The molecule has 3 aliphatic rings. The van der Waals surface area contributed by atoms with Gasteiger partial charge >= 0.3 is 0 Å². The molecule has 7 nitrogen and oxygen atoms in total. The van der Waals surface area contributed by atoms with E-state index in [0.717, 1.165) is 0 Å². The van der Waals surface area contributed by atoms with E-state index in [2.05, 4.69) is 5.43 Å². The predicted molar refractivity (Wildman–Crippen MR) is 94.1 cm³/mol. The van der Waals surface area contributed by atoms with Gasteiger partial charge in [0.25, 0.3) is 5.91 Å². The number of rotatable bonds is 2. The fraction of sp³-hybridized carbons (Fsp3) is 0.421. The predicted octanol–water partition coefficient (Wildman–Crippen LogP) is 1.12. The maximum Gasteiger partial charge on any atom is 0.254 e. The van der Waals surface area contributed by atoms with Crippen molar-refractivity contribution in [2.45, 2.75) is 12.8 Å². The van der Waals surface area contributed by atoms with Crippen molar-refractivity contribution in [2.24, 2.45) is 11.8 Å². The quantitative estimate of drug-likeness (QED) is 0.807. The van der Waals surface area contributed by atoms with Crippen LogP contribution in [0.2, 0.25) is 0 Å². The van der Waals surface area contributed by atoms with Gasteiger partial charge in [-0.1, -0.05) is 18.2 Å². The monoisotopic (exact) mass is 355 g/mol. The Hall–Kier alpha value is -2.67. The Balaban J connectivity index is 1.58. The topological polar surface area (TPSA) is 79.0 Å². The molecule has 136 valence electrons. The highest BCUT2D eigenvalue weighted by Crippen LogP contribution is 2.32. The van der Waals surface area contributed by atoms with Crippen molar-refractivity contribution in [1.82, 2.24) is 10.3 Å². The van der Waals surface area contributed by atoms with Crippen LogP contribution in [0.5, 0.6) is 0 Å². The van der Waals surface area contributed by atoms with Gasteiger partial charge in [0, 0.05) is 18.7 Å². The van der Waals surface area contributed by atoms with Crippen molar-refractivity contribution in [3.63, 3.8) is 0 Å². The zero-order valence-electron chi connectivity index (χ0n) is 14.4. The number of hydrogen-bond acceptors (Lipinski definition) is 4. The molecule has 0 radical (unpaired) electrons. The second kappa shape index (κ2) is 6.92. The van der Waals surface area contributed by atoms with Crippen LogP contribution in [-0.2, 0) is 14.3 Å². The molecule has 2 saturated heterocycles. The molecule has 0 bridgehead atoms. The summed E-state index contributed by atoms with van der Waals surface area (Å²) >= 11 is 0. The van der Waals surface area contributed by atoms with Gasteiger partial charge in [0.1, 0.15) is 0 Å². The van der Waals surface area contributed by atoms with Crippen LogP contribution >= 0.6 is 0 Å². The second-order valence-corrected chi connectivity index (χ2v) is 6.76. The van der Waals surface area contributed by atoms with Gasteiger partial charge in [0.15, 0.2) is 0 Å². The average molecular weight is 355 g/mol. The van der Waals surface area contributed by atoms with E-state index in [1.807, 2.05) is 12.2 Å².